The summed E-state index contributed by atoms with van der Waals surface area (Å²) in [7, 11) is 0. The Morgan fingerprint density at radius 1 is 1.00 bits per heavy atom. The predicted octanol–water partition coefficient (Wildman–Crippen LogP) is 4.93. The summed E-state index contributed by atoms with van der Waals surface area (Å²) in [5, 5.41) is 0. The molecule has 1 aromatic rings. The van der Waals surface area contributed by atoms with Gasteiger partial charge in [0.05, 0.1) is 0 Å². The molecule has 0 saturated heterocycles. The number of ketones is 1. The highest BCUT2D eigenvalue weighted by molar-refractivity contribution is 5.79. The van der Waals surface area contributed by atoms with Crippen LogP contribution in [0.2, 0.25) is 0 Å². The van der Waals surface area contributed by atoms with E-state index in [9.17, 15) is 4.79 Å². The normalized spacial score (nSPS) is 17.4. The first-order valence-electron chi connectivity index (χ1n) is 9.49. The van der Waals surface area contributed by atoms with Gasteiger partial charge < -0.3 is 9.47 Å². The van der Waals surface area contributed by atoms with Crippen molar-refractivity contribution < 1.29 is 14.3 Å². The van der Waals surface area contributed by atoms with Crippen LogP contribution in [0.5, 0.6) is 0 Å². The number of carbonyl (C=O) groups is 1. The number of rotatable bonds is 10. The second kappa shape index (κ2) is 9.95. The van der Waals surface area contributed by atoms with Crippen LogP contribution in [0.15, 0.2) is 30.3 Å². The molecular formula is C21H32O3. The van der Waals surface area contributed by atoms with Crippen molar-refractivity contribution >= 4 is 5.78 Å². The average molecular weight is 332 g/mol. The molecule has 24 heavy (non-hydrogen) atoms. The quantitative estimate of drug-likeness (QED) is 0.450. The fourth-order valence-electron chi connectivity index (χ4n) is 3.79. The van der Waals surface area contributed by atoms with Gasteiger partial charge >= 0.3 is 0 Å². The van der Waals surface area contributed by atoms with Gasteiger partial charge in [-0.1, -0.05) is 36.8 Å². The molecule has 1 fully saturated rings. The minimum absolute atomic E-state index is 0.0105. The lowest BCUT2D eigenvalue weighted by atomic mass is 9.69. The van der Waals surface area contributed by atoms with Crippen molar-refractivity contribution in [3.8, 4) is 0 Å². The van der Waals surface area contributed by atoms with Gasteiger partial charge in [-0.2, -0.15) is 0 Å². The zero-order valence-electron chi connectivity index (χ0n) is 15.3. The molecule has 0 unspecified atom stereocenters. The topological polar surface area (TPSA) is 35.5 Å². The van der Waals surface area contributed by atoms with Gasteiger partial charge in [0.2, 0.25) is 0 Å². The van der Waals surface area contributed by atoms with E-state index in [1.54, 1.807) is 0 Å². The third-order valence-corrected chi connectivity index (χ3v) is 5.17. The van der Waals surface area contributed by atoms with Crippen LogP contribution in [0.4, 0.5) is 0 Å². The average Bonchev–Trinajstić information content (AvgIpc) is 2.61. The smallest absolute Gasteiger partial charge is 0.163 e. The maximum Gasteiger partial charge on any atom is 0.163 e. The van der Waals surface area contributed by atoms with Gasteiger partial charge in [-0.25, -0.2) is 0 Å². The minimum atomic E-state index is -0.169. The summed E-state index contributed by atoms with van der Waals surface area (Å²) in [5.74, 6) is 0.390. The number of hydrogen-bond donors (Lipinski definition) is 0. The van der Waals surface area contributed by atoms with Crippen LogP contribution < -0.4 is 0 Å². The van der Waals surface area contributed by atoms with Crippen LogP contribution >= 0.6 is 0 Å². The van der Waals surface area contributed by atoms with E-state index in [0.29, 0.717) is 31.8 Å². The highest BCUT2D eigenvalue weighted by Crippen LogP contribution is 2.44. The molecule has 1 aliphatic rings. The lowest BCUT2D eigenvalue weighted by Crippen LogP contribution is -2.42. The zero-order chi connectivity index (χ0) is 17.3. The summed E-state index contributed by atoms with van der Waals surface area (Å²) in [4.78, 5) is 11.7. The van der Waals surface area contributed by atoms with E-state index in [4.69, 9.17) is 9.47 Å². The molecule has 0 atom stereocenters. The van der Waals surface area contributed by atoms with Gasteiger partial charge in [-0.15, -0.1) is 0 Å². The molecule has 0 spiro atoms. The molecule has 134 valence electrons. The van der Waals surface area contributed by atoms with Crippen molar-refractivity contribution in [1.29, 1.82) is 0 Å². The summed E-state index contributed by atoms with van der Waals surface area (Å²) in [6.07, 6.45) is 7.51. The number of ether oxygens (including phenoxy) is 2. The fourth-order valence-corrected chi connectivity index (χ4v) is 3.79. The molecule has 0 N–H and O–H groups in total. The minimum Gasteiger partial charge on any atom is -0.352 e. The number of benzene rings is 1. The van der Waals surface area contributed by atoms with Crippen molar-refractivity contribution in [2.75, 3.05) is 13.2 Å². The van der Waals surface area contributed by atoms with E-state index in [1.807, 2.05) is 13.8 Å². The number of Topliss-reactive ketones (excluding diaryl/α,β-unsaturated/α-hetero) is 1. The molecule has 0 amide bonds. The highest BCUT2D eigenvalue weighted by atomic mass is 16.7. The van der Waals surface area contributed by atoms with E-state index in [-0.39, 0.29) is 11.7 Å². The fraction of sp³-hybridized carbons (Fsp3) is 0.667. The summed E-state index contributed by atoms with van der Waals surface area (Å²) >= 11 is 0. The second-order valence-corrected chi connectivity index (χ2v) is 6.84. The van der Waals surface area contributed by atoms with Crippen LogP contribution in [0.1, 0.15) is 64.4 Å². The van der Waals surface area contributed by atoms with Gasteiger partial charge in [0.1, 0.15) is 5.78 Å². The molecule has 3 nitrogen and oxygen atoms in total. The van der Waals surface area contributed by atoms with Crippen LogP contribution in [0.3, 0.4) is 0 Å². The molecule has 0 heterocycles. The van der Waals surface area contributed by atoms with Crippen molar-refractivity contribution in [2.45, 2.75) is 71.5 Å². The predicted molar refractivity (Wildman–Crippen MR) is 96.9 cm³/mol. The lowest BCUT2D eigenvalue weighted by Gasteiger charge is -2.42. The molecule has 0 aliphatic heterocycles. The van der Waals surface area contributed by atoms with Gasteiger partial charge in [0, 0.05) is 31.5 Å². The van der Waals surface area contributed by atoms with Gasteiger partial charge in [0.15, 0.2) is 6.29 Å². The maximum atomic E-state index is 11.7. The Hall–Kier alpha value is -1.19. The van der Waals surface area contributed by atoms with E-state index >= 15 is 0 Å². The number of carbonyl (C=O) groups excluding carboxylic acids is 1. The van der Waals surface area contributed by atoms with Crippen molar-refractivity contribution in [1.82, 2.24) is 0 Å². The standard InChI is InChI=1S/C21H32O3/c1-3-23-20(24-4-2)21(16-13-19(22)14-17-21)15-9-8-12-18-10-6-5-7-11-18/h5-7,10-11,20H,3-4,8-9,12-17H2,1-2H3. The number of unbranched alkanes of at least 4 members (excludes halogenated alkanes) is 1. The van der Waals surface area contributed by atoms with Crippen LogP contribution in [0, 0.1) is 5.41 Å². The zero-order valence-corrected chi connectivity index (χ0v) is 15.3. The van der Waals surface area contributed by atoms with Crippen LogP contribution in [0.25, 0.3) is 0 Å². The molecule has 1 aromatic carbocycles. The highest BCUT2D eigenvalue weighted by Gasteiger charge is 2.42. The Balaban J connectivity index is 1.93. The molecule has 0 aromatic heterocycles. The Morgan fingerprint density at radius 2 is 1.62 bits per heavy atom. The monoisotopic (exact) mass is 332 g/mol. The van der Waals surface area contributed by atoms with Gasteiger partial charge in [-0.05, 0) is 51.5 Å². The van der Waals surface area contributed by atoms with Crippen LogP contribution in [-0.2, 0) is 20.7 Å². The largest absolute Gasteiger partial charge is 0.352 e. The van der Waals surface area contributed by atoms with Crippen molar-refractivity contribution in [3.05, 3.63) is 35.9 Å². The Labute approximate surface area is 146 Å². The first-order valence-corrected chi connectivity index (χ1v) is 9.49. The molecule has 0 radical (unpaired) electrons. The van der Waals surface area contributed by atoms with Gasteiger partial charge in [0.25, 0.3) is 0 Å². The second-order valence-electron chi connectivity index (χ2n) is 6.84. The lowest BCUT2D eigenvalue weighted by molar-refractivity contribution is -0.214. The first kappa shape index (κ1) is 19.1. The number of hydrogen-bond acceptors (Lipinski definition) is 3. The molecule has 0 bridgehead atoms. The maximum absolute atomic E-state index is 11.7. The summed E-state index contributed by atoms with van der Waals surface area (Å²) in [6.45, 7) is 5.35. The van der Waals surface area contributed by atoms with Crippen molar-refractivity contribution in [3.63, 3.8) is 0 Å². The molecular weight excluding hydrogens is 300 g/mol. The van der Waals surface area contributed by atoms with E-state index in [1.165, 1.54) is 12.0 Å². The molecule has 2 rings (SSSR count). The Kier molecular flexibility index (Phi) is 7.93. The third kappa shape index (κ3) is 5.42. The summed E-state index contributed by atoms with van der Waals surface area (Å²) in [6, 6.07) is 10.6. The summed E-state index contributed by atoms with van der Waals surface area (Å²) < 4.78 is 11.9. The van der Waals surface area contributed by atoms with E-state index in [2.05, 4.69) is 30.3 Å². The molecule has 1 saturated carbocycles. The van der Waals surface area contributed by atoms with E-state index in [0.717, 1.165) is 32.1 Å². The van der Waals surface area contributed by atoms with Crippen LogP contribution in [-0.4, -0.2) is 25.3 Å². The Bertz CT molecular complexity index is 467. The molecule has 3 heteroatoms. The first-order chi connectivity index (χ1) is 11.7. The van der Waals surface area contributed by atoms with Gasteiger partial charge in [-0.3, -0.25) is 4.79 Å². The van der Waals surface area contributed by atoms with Crippen molar-refractivity contribution in [2.24, 2.45) is 5.41 Å². The Morgan fingerprint density at radius 3 is 2.21 bits per heavy atom. The SMILES string of the molecule is CCOC(OCC)C1(CCCCc2ccccc2)CCC(=O)CC1. The molecule has 1 aliphatic carbocycles. The summed E-state index contributed by atoms with van der Waals surface area (Å²) in [5.41, 5.74) is 1.41. The third-order valence-electron chi connectivity index (χ3n) is 5.17. The van der Waals surface area contributed by atoms with E-state index < -0.39 is 0 Å². The number of aryl methyl sites for hydroxylation is 1.